The van der Waals surface area contributed by atoms with Gasteiger partial charge in [0.05, 0.1) is 19.3 Å². The average molecular weight is 369 g/mol. The van der Waals surface area contributed by atoms with Crippen LogP contribution in [-0.4, -0.2) is 34.2 Å². The predicted octanol–water partition coefficient (Wildman–Crippen LogP) is 2.80. The Kier molecular flexibility index (Phi) is 5.69. The monoisotopic (exact) mass is 368 g/mol. The topological polar surface area (TPSA) is 84.5 Å². The molecule has 0 fully saturated rings. The number of amides is 1. The van der Waals surface area contributed by atoms with Crippen molar-refractivity contribution >= 4 is 38.7 Å². The van der Waals surface area contributed by atoms with Crippen LogP contribution in [0.15, 0.2) is 47.4 Å². The van der Waals surface area contributed by atoms with Gasteiger partial charge in [0.2, 0.25) is 5.91 Å². The Morgan fingerprint density at radius 1 is 1.21 bits per heavy atom. The fraction of sp³-hybridized carbons (Fsp3) is 0.188. The van der Waals surface area contributed by atoms with Gasteiger partial charge in [0.25, 0.3) is 0 Å². The number of sulfone groups is 1. The Morgan fingerprint density at radius 2 is 1.88 bits per heavy atom. The Hall–Kier alpha value is -2.25. The smallest absolute Gasteiger partial charge is 0.243 e. The molecule has 0 saturated carbocycles. The van der Waals surface area contributed by atoms with Gasteiger partial charge in [0.1, 0.15) is 4.90 Å². The number of methoxy groups -OCH3 is 1. The van der Waals surface area contributed by atoms with Crippen molar-refractivity contribution < 1.29 is 17.9 Å². The van der Waals surface area contributed by atoms with E-state index in [0.29, 0.717) is 11.4 Å². The fourth-order valence-electron chi connectivity index (χ4n) is 2.09. The Morgan fingerprint density at radius 3 is 2.46 bits per heavy atom. The third kappa shape index (κ3) is 4.62. The molecule has 0 atom stereocenters. The number of anilines is 2. The van der Waals surface area contributed by atoms with Gasteiger partial charge in [-0.3, -0.25) is 4.79 Å². The summed E-state index contributed by atoms with van der Waals surface area (Å²) < 4.78 is 28.9. The lowest BCUT2D eigenvalue weighted by molar-refractivity contribution is -0.114. The molecule has 1 amide bonds. The van der Waals surface area contributed by atoms with Crippen LogP contribution in [0.4, 0.5) is 11.4 Å². The normalized spacial score (nSPS) is 11.0. The van der Waals surface area contributed by atoms with E-state index in [9.17, 15) is 13.2 Å². The highest BCUT2D eigenvalue weighted by atomic mass is 35.5. The van der Waals surface area contributed by atoms with Crippen molar-refractivity contribution in [2.75, 3.05) is 30.5 Å². The molecule has 0 unspecified atom stereocenters. The van der Waals surface area contributed by atoms with Gasteiger partial charge in [-0.05, 0) is 24.3 Å². The Labute approximate surface area is 145 Å². The summed E-state index contributed by atoms with van der Waals surface area (Å²) in [6, 6.07) is 11.8. The van der Waals surface area contributed by atoms with Crippen LogP contribution in [0.3, 0.4) is 0 Å². The van der Waals surface area contributed by atoms with E-state index in [1.54, 1.807) is 24.3 Å². The summed E-state index contributed by atoms with van der Waals surface area (Å²) in [6.07, 6.45) is 1.06. The minimum Gasteiger partial charge on any atom is -0.493 e. The van der Waals surface area contributed by atoms with Crippen LogP contribution in [0, 0.1) is 0 Å². The first-order chi connectivity index (χ1) is 11.3. The van der Waals surface area contributed by atoms with E-state index in [4.69, 9.17) is 16.3 Å². The van der Waals surface area contributed by atoms with Crippen molar-refractivity contribution in [3.63, 3.8) is 0 Å². The number of hydrogen-bond acceptors (Lipinski definition) is 5. The fourth-order valence-corrected chi connectivity index (χ4v) is 3.24. The first kappa shape index (κ1) is 18.1. The van der Waals surface area contributed by atoms with Crippen LogP contribution in [0.1, 0.15) is 0 Å². The van der Waals surface area contributed by atoms with Crippen molar-refractivity contribution in [1.29, 1.82) is 0 Å². The number of para-hydroxylation sites is 1. The molecule has 24 heavy (non-hydrogen) atoms. The second kappa shape index (κ2) is 7.55. The molecule has 0 aliphatic heterocycles. The minimum atomic E-state index is -3.53. The number of hydrogen-bond donors (Lipinski definition) is 2. The van der Waals surface area contributed by atoms with E-state index < -0.39 is 9.84 Å². The quantitative estimate of drug-likeness (QED) is 0.819. The van der Waals surface area contributed by atoms with Gasteiger partial charge in [-0.2, -0.15) is 0 Å². The van der Waals surface area contributed by atoms with Gasteiger partial charge in [-0.15, -0.1) is 0 Å². The summed E-state index contributed by atoms with van der Waals surface area (Å²) in [5.41, 5.74) is 0.993. The lowest BCUT2D eigenvalue weighted by Gasteiger charge is -2.15. The molecule has 128 valence electrons. The van der Waals surface area contributed by atoms with Crippen LogP contribution >= 0.6 is 11.6 Å². The van der Waals surface area contributed by atoms with E-state index in [2.05, 4.69) is 10.6 Å². The lowest BCUT2D eigenvalue weighted by atomic mass is 10.3. The highest BCUT2D eigenvalue weighted by Crippen LogP contribution is 2.35. The number of rotatable bonds is 6. The predicted molar refractivity (Wildman–Crippen MR) is 94.7 cm³/mol. The molecule has 2 N–H and O–H groups in total. The van der Waals surface area contributed by atoms with Crippen LogP contribution < -0.4 is 15.4 Å². The first-order valence-electron chi connectivity index (χ1n) is 6.97. The maximum atomic E-state index is 12.0. The van der Waals surface area contributed by atoms with Gasteiger partial charge in [-0.1, -0.05) is 29.8 Å². The van der Waals surface area contributed by atoms with Crippen molar-refractivity contribution in [3.8, 4) is 5.75 Å². The molecule has 8 heteroatoms. The second-order valence-corrected chi connectivity index (χ2v) is 7.45. The van der Waals surface area contributed by atoms with Crippen molar-refractivity contribution in [2.45, 2.75) is 4.90 Å². The molecular weight excluding hydrogens is 352 g/mol. The van der Waals surface area contributed by atoms with E-state index in [1.165, 1.54) is 19.2 Å². The van der Waals surface area contributed by atoms with Gasteiger partial charge >= 0.3 is 0 Å². The maximum absolute atomic E-state index is 12.0. The largest absolute Gasteiger partial charge is 0.493 e. The minimum absolute atomic E-state index is 0.0385. The molecule has 0 heterocycles. The van der Waals surface area contributed by atoms with Gasteiger partial charge in [0.15, 0.2) is 15.6 Å². The van der Waals surface area contributed by atoms with Crippen LogP contribution in [0.2, 0.25) is 5.02 Å². The zero-order valence-electron chi connectivity index (χ0n) is 13.2. The Balaban J connectivity index is 2.18. The first-order valence-corrected chi connectivity index (χ1v) is 9.24. The number of carbonyl (C=O) groups excluding carboxylic acids is 1. The van der Waals surface area contributed by atoms with Crippen LogP contribution in [-0.2, 0) is 14.6 Å². The number of halogens is 1. The van der Waals surface area contributed by atoms with Crippen molar-refractivity contribution in [1.82, 2.24) is 0 Å². The molecule has 0 radical (unpaired) electrons. The van der Waals surface area contributed by atoms with Gasteiger partial charge < -0.3 is 15.4 Å². The number of benzene rings is 2. The zero-order chi connectivity index (χ0) is 17.7. The van der Waals surface area contributed by atoms with Crippen LogP contribution in [0.5, 0.6) is 5.75 Å². The maximum Gasteiger partial charge on any atom is 0.243 e. The molecule has 0 aromatic heterocycles. The van der Waals surface area contributed by atoms with Crippen molar-refractivity contribution in [3.05, 3.63) is 47.5 Å². The van der Waals surface area contributed by atoms with E-state index in [0.717, 1.165) is 6.26 Å². The molecular formula is C16H17ClN2O4S. The molecule has 0 saturated heterocycles. The highest BCUT2D eigenvalue weighted by Gasteiger charge is 2.19. The summed E-state index contributed by atoms with van der Waals surface area (Å²) >= 11 is 5.97. The molecule has 0 spiro atoms. The van der Waals surface area contributed by atoms with Crippen LogP contribution in [0.25, 0.3) is 0 Å². The van der Waals surface area contributed by atoms with E-state index >= 15 is 0 Å². The third-order valence-electron chi connectivity index (χ3n) is 3.12. The molecule has 2 aromatic carbocycles. The zero-order valence-corrected chi connectivity index (χ0v) is 14.7. The highest BCUT2D eigenvalue weighted by molar-refractivity contribution is 7.90. The summed E-state index contributed by atoms with van der Waals surface area (Å²) in [6.45, 7) is -0.0746. The third-order valence-corrected chi connectivity index (χ3v) is 4.44. The lowest BCUT2D eigenvalue weighted by Crippen LogP contribution is -2.22. The second-order valence-electron chi connectivity index (χ2n) is 5.02. The standard InChI is InChI=1S/C16H17ClN2O4S/c1-23-16-13(8-11(17)9-14(16)24(2,21)22)18-10-15(20)19-12-6-4-3-5-7-12/h3-9,18H,10H2,1-2H3,(H,19,20). The summed E-state index contributed by atoms with van der Waals surface area (Å²) in [5, 5.41) is 5.79. The van der Waals surface area contributed by atoms with Crippen molar-refractivity contribution in [2.24, 2.45) is 0 Å². The summed E-state index contributed by atoms with van der Waals surface area (Å²) in [7, 11) is -2.17. The number of carbonyl (C=O) groups is 1. The molecule has 2 rings (SSSR count). The summed E-state index contributed by atoms with van der Waals surface area (Å²) in [4.78, 5) is 11.9. The van der Waals surface area contributed by atoms with Gasteiger partial charge in [0, 0.05) is 17.0 Å². The molecule has 0 bridgehead atoms. The molecule has 0 aliphatic rings. The van der Waals surface area contributed by atoms with E-state index in [-0.39, 0.29) is 28.1 Å². The number of nitrogens with one attached hydrogen (secondary N) is 2. The SMILES string of the molecule is COc1c(NCC(=O)Nc2ccccc2)cc(Cl)cc1S(C)(=O)=O. The summed E-state index contributed by atoms with van der Waals surface area (Å²) in [5.74, 6) is -0.168. The van der Waals surface area contributed by atoms with E-state index in [1.807, 2.05) is 6.07 Å². The molecule has 6 nitrogen and oxygen atoms in total. The van der Waals surface area contributed by atoms with Gasteiger partial charge in [-0.25, -0.2) is 8.42 Å². The molecule has 0 aliphatic carbocycles. The Bertz CT molecular complexity index is 839. The molecule has 2 aromatic rings. The average Bonchev–Trinajstić information content (AvgIpc) is 2.52. The number of ether oxygens (including phenoxy) is 1.